The summed E-state index contributed by atoms with van der Waals surface area (Å²) in [5.41, 5.74) is 6.73. The second-order valence-corrected chi connectivity index (χ2v) is 8.52. The summed E-state index contributed by atoms with van der Waals surface area (Å²) in [4.78, 5) is 17.3. The Labute approximate surface area is 195 Å². The maximum absolute atomic E-state index is 14.1. The fourth-order valence-electron chi connectivity index (χ4n) is 3.88. The molecule has 0 atom stereocenters. The van der Waals surface area contributed by atoms with Gasteiger partial charge in [0.2, 0.25) is 11.7 Å². The van der Waals surface area contributed by atoms with Gasteiger partial charge in [0, 0.05) is 17.6 Å². The maximum Gasteiger partial charge on any atom is 0.225 e. The summed E-state index contributed by atoms with van der Waals surface area (Å²) in [6.07, 6.45) is 3.86. The highest BCUT2D eigenvalue weighted by atomic mass is 32.1. The summed E-state index contributed by atoms with van der Waals surface area (Å²) in [6, 6.07) is 8.05. The van der Waals surface area contributed by atoms with Crippen LogP contribution < -0.4 is 14.8 Å². The molecule has 1 heterocycles. The number of amides is 1. The molecule has 0 bridgehead atoms. The molecule has 0 radical (unpaired) electrons. The molecule has 0 spiro atoms. The number of phenols is 1. The van der Waals surface area contributed by atoms with Gasteiger partial charge < -0.3 is 19.9 Å². The number of rotatable bonds is 7. The van der Waals surface area contributed by atoms with Crippen LogP contribution in [0.4, 0.5) is 4.39 Å². The SMILES string of the molecule is COc1cc(/C=C2/C(C)=C(CNC(=O)Cc3cncs3)c3cc(F)ccc32)cc(OC)c1O. The van der Waals surface area contributed by atoms with Crippen LogP contribution in [0.5, 0.6) is 17.2 Å². The molecule has 0 saturated carbocycles. The van der Waals surface area contributed by atoms with Gasteiger partial charge in [0.05, 0.1) is 26.2 Å². The highest BCUT2D eigenvalue weighted by molar-refractivity contribution is 7.09. The van der Waals surface area contributed by atoms with Gasteiger partial charge in [-0.3, -0.25) is 9.78 Å². The zero-order valence-corrected chi connectivity index (χ0v) is 19.3. The third kappa shape index (κ3) is 4.61. The number of nitrogens with zero attached hydrogens (tertiary/aromatic N) is 1. The van der Waals surface area contributed by atoms with Crippen LogP contribution in [-0.2, 0) is 11.2 Å². The lowest BCUT2D eigenvalue weighted by molar-refractivity contribution is -0.120. The summed E-state index contributed by atoms with van der Waals surface area (Å²) < 4.78 is 24.6. The Morgan fingerprint density at radius 3 is 2.55 bits per heavy atom. The van der Waals surface area contributed by atoms with E-state index in [4.69, 9.17) is 9.47 Å². The van der Waals surface area contributed by atoms with Crippen LogP contribution in [0.15, 0.2) is 47.6 Å². The standard InChI is InChI=1S/C25H23FN2O4S/c1-14-19(6-15-7-22(31-2)25(30)23(8-15)32-3)18-5-4-16(26)9-20(18)21(14)12-28-24(29)10-17-11-27-13-33-17/h4-9,11,13,30H,10,12H2,1-3H3,(H,28,29)/b19-6-. The molecular formula is C25H23FN2O4S. The van der Waals surface area contributed by atoms with Crippen LogP contribution in [0.3, 0.4) is 0 Å². The lowest BCUT2D eigenvalue weighted by Crippen LogP contribution is -2.26. The van der Waals surface area contributed by atoms with Crippen molar-refractivity contribution in [3.8, 4) is 17.2 Å². The van der Waals surface area contributed by atoms with Crippen molar-refractivity contribution in [3.05, 3.63) is 75.0 Å². The predicted octanol–water partition coefficient (Wildman–Crippen LogP) is 4.69. The van der Waals surface area contributed by atoms with Crippen LogP contribution in [0, 0.1) is 5.82 Å². The van der Waals surface area contributed by atoms with Gasteiger partial charge in [0.1, 0.15) is 5.82 Å². The molecule has 2 aromatic carbocycles. The normalized spacial score (nSPS) is 13.9. The number of phenolic OH excluding ortho intramolecular Hbond substituents is 1. The zero-order valence-electron chi connectivity index (χ0n) is 18.4. The Bertz CT molecular complexity index is 1240. The van der Waals surface area contributed by atoms with Crippen LogP contribution in [0.25, 0.3) is 17.2 Å². The molecule has 0 aliphatic heterocycles. The van der Waals surface area contributed by atoms with Gasteiger partial charge in [-0.2, -0.15) is 0 Å². The summed E-state index contributed by atoms with van der Waals surface area (Å²) in [6.45, 7) is 2.22. The van der Waals surface area contributed by atoms with Crippen LogP contribution in [0.2, 0.25) is 0 Å². The summed E-state index contributed by atoms with van der Waals surface area (Å²) in [7, 11) is 2.94. The quantitative estimate of drug-likeness (QED) is 0.528. The Hall–Kier alpha value is -3.65. The fourth-order valence-corrected chi connectivity index (χ4v) is 4.48. The highest BCUT2D eigenvalue weighted by Crippen LogP contribution is 2.44. The first-order valence-corrected chi connectivity index (χ1v) is 11.1. The zero-order chi connectivity index (χ0) is 23.5. The van der Waals surface area contributed by atoms with Gasteiger partial charge in [-0.05, 0) is 70.7 Å². The molecule has 8 heteroatoms. The van der Waals surface area contributed by atoms with Crippen LogP contribution in [-0.4, -0.2) is 36.8 Å². The van der Waals surface area contributed by atoms with E-state index < -0.39 is 0 Å². The lowest BCUT2D eigenvalue weighted by atomic mass is 10.00. The number of carbonyl (C=O) groups is 1. The molecule has 33 heavy (non-hydrogen) atoms. The number of benzene rings is 2. The van der Waals surface area contributed by atoms with Crippen molar-refractivity contribution in [1.82, 2.24) is 10.3 Å². The topological polar surface area (TPSA) is 80.7 Å². The molecule has 0 fully saturated rings. The van der Waals surface area contributed by atoms with Crippen molar-refractivity contribution in [3.63, 3.8) is 0 Å². The summed E-state index contributed by atoms with van der Waals surface area (Å²) in [5, 5.41) is 13.1. The Kier molecular flexibility index (Phi) is 6.46. The molecule has 3 aromatic rings. The minimum Gasteiger partial charge on any atom is -0.502 e. The number of methoxy groups -OCH3 is 2. The number of fused-ring (bicyclic) bond motifs is 1. The second-order valence-electron chi connectivity index (χ2n) is 7.55. The first kappa shape index (κ1) is 22.5. The average molecular weight is 467 g/mol. The minimum absolute atomic E-state index is 0.0763. The van der Waals surface area contributed by atoms with Gasteiger partial charge in [-0.25, -0.2) is 4.39 Å². The number of allylic oxidation sites excluding steroid dienone is 2. The third-order valence-corrected chi connectivity index (χ3v) is 6.33. The molecule has 1 amide bonds. The van der Waals surface area contributed by atoms with Gasteiger partial charge >= 0.3 is 0 Å². The van der Waals surface area contributed by atoms with Gasteiger partial charge in [0.15, 0.2) is 11.5 Å². The number of hydrogen-bond acceptors (Lipinski definition) is 6. The number of thiazole rings is 1. The van der Waals surface area contributed by atoms with Crippen molar-refractivity contribution in [2.75, 3.05) is 20.8 Å². The van der Waals surface area contributed by atoms with E-state index in [1.807, 2.05) is 13.0 Å². The lowest BCUT2D eigenvalue weighted by Gasteiger charge is -2.11. The molecule has 4 rings (SSSR count). The van der Waals surface area contributed by atoms with E-state index in [9.17, 15) is 14.3 Å². The molecule has 0 saturated heterocycles. The molecular weight excluding hydrogens is 443 g/mol. The smallest absolute Gasteiger partial charge is 0.225 e. The molecule has 1 aliphatic rings. The monoisotopic (exact) mass is 466 g/mol. The average Bonchev–Trinajstić information content (AvgIpc) is 3.39. The summed E-state index contributed by atoms with van der Waals surface area (Å²) >= 11 is 1.43. The van der Waals surface area contributed by atoms with Crippen LogP contribution in [0.1, 0.15) is 28.5 Å². The van der Waals surface area contributed by atoms with E-state index in [0.29, 0.717) is 0 Å². The number of nitrogens with one attached hydrogen (secondary N) is 1. The molecule has 6 nitrogen and oxygen atoms in total. The Balaban J connectivity index is 1.69. The van der Waals surface area contributed by atoms with Gasteiger partial charge in [-0.1, -0.05) is 6.07 Å². The first-order valence-electron chi connectivity index (χ1n) is 10.2. The highest BCUT2D eigenvalue weighted by Gasteiger charge is 2.25. The Morgan fingerprint density at radius 1 is 1.18 bits per heavy atom. The van der Waals surface area contributed by atoms with Crippen molar-refractivity contribution in [1.29, 1.82) is 0 Å². The molecule has 170 valence electrons. The van der Waals surface area contributed by atoms with E-state index in [0.717, 1.165) is 38.3 Å². The number of ether oxygens (including phenoxy) is 2. The molecule has 1 aliphatic carbocycles. The van der Waals surface area contributed by atoms with Crippen molar-refractivity contribution in [2.45, 2.75) is 13.3 Å². The molecule has 0 unspecified atom stereocenters. The van der Waals surface area contributed by atoms with Crippen LogP contribution >= 0.6 is 11.3 Å². The molecule has 1 aromatic heterocycles. The maximum atomic E-state index is 14.1. The van der Waals surface area contributed by atoms with E-state index in [2.05, 4.69) is 10.3 Å². The van der Waals surface area contributed by atoms with E-state index in [1.165, 1.54) is 37.7 Å². The second kappa shape index (κ2) is 9.46. The van der Waals surface area contributed by atoms with Gasteiger partial charge in [-0.15, -0.1) is 11.3 Å². The Morgan fingerprint density at radius 2 is 1.91 bits per heavy atom. The minimum atomic E-state index is -0.343. The van der Waals surface area contributed by atoms with E-state index in [-0.39, 0.29) is 41.9 Å². The number of halogens is 1. The number of aromatic nitrogens is 1. The number of aromatic hydroxyl groups is 1. The van der Waals surface area contributed by atoms with Crippen molar-refractivity contribution < 1.29 is 23.8 Å². The predicted molar refractivity (Wildman–Crippen MR) is 127 cm³/mol. The third-order valence-electron chi connectivity index (χ3n) is 5.55. The van der Waals surface area contributed by atoms with E-state index in [1.54, 1.807) is 29.9 Å². The largest absolute Gasteiger partial charge is 0.502 e. The van der Waals surface area contributed by atoms with Crippen molar-refractivity contribution >= 4 is 34.5 Å². The summed E-state index contributed by atoms with van der Waals surface area (Å²) in [5.74, 6) is 0.0336. The first-order chi connectivity index (χ1) is 15.9. The van der Waals surface area contributed by atoms with Crippen molar-refractivity contribution in [2.24, 2.45) is 0 Å². The number of hydrogen-bond donors (Lipinski definition) is 2. The molecule has 2 N–H and O–H groups in total. The van der Waals surface area contributed by atoms with Gasteiger partial charge in [0.25, 0.3) is 0 Å². The fraction of sp³-hybridized carbons (Fsp3) is 0.200. The van der Waals surface area contributed by atoms with E-state index >= 15 is 0 Å². The number of carbonyl (C=O) groups excluding carboxylic acids is 1.